The molecule has 0 N–H and O–H groups in total. The van der Waals surface area contributed by atoms with Crippen molar-refractivity contribution in [3.8, 4) is 0 Å². The molecular formula is C14H22BrNO7. The van der Waals surface area contributed by atoms with Crippen LogP contribution in [0.25, 0.3) is 0 Å². The van der Waals surface area contributed by atoms with Crippen LogP contribution in [-0.4, -0.2) is 72.9 Å². The molecule has 0 aliphatic carbocycles. The van der Waals surface area contributed by atoms with Crippen molar-refractivity contribution in [3.63, 3.8) is 0 Å². The Bertz CT molecular complexity index is 456. The summed E-state index contributed by atoms with van der Waals surface area (Å²) in [7, 11) is 3.54. The Kier molecular flexibility index (Phi) is 7.43. The van der Waals surface area contributed by atoms with Gasteiger partial charge in [0, 0.05) is 20.8 Å². The van der Waals surface area contributed by atoms with E-state index in [9.17, 15) is 14.4 Å². The highest BCUT2D eigenvalue weighted by molar-refractivity contribution is 9.09. The molecule has 0 unspecified atom stereocenters. The minimum absolute atomic E-state index is 0.0769. The summed E-state index contributed by atoms with van der Waals surface area (Å²) in [5.74, 6) is -1.45. The largest absolute Gasteiger partial charge is 0.463 e. The van der Waals surface area contributed by atoms with E-state index in [0.717, 1.165) is 0 Å². The van der Waals surface area contributed by atoms with Gasteiger partial charge in [-0.15, -0.1) is 0 Å². The van der Waals surface area contributed by atoms with Crippen molar-refractivity contribution >= 4 is 33.8 Å². The SMILES string of the molecule is CC(=O)OC[C@H]1O[C@H](Br)[C@H](OC(C)=O)[C@H](N(C)C)[C@@H]1OC(C)=O. The van der Waals surface area contributed by atoms with Crippen LogP contribution >= 0.6 is 15.9 Å². The number of ether oxygens (including phenoxy) is 4. The highest BCUT2D eigenvalue weighted by atomic mass is 79.9. The molecule has 0 radical (unpaired) electrons. The summed E-state index contributed by atoms with van der Waals surface area (Å²) in [6, 6.07) is -0.471. The predicted octanol–water partition coefficient (Wildman–Crippen LogP) is 0.463. The summed E-state index contributed by atoms with van der Waals surface area (Å²) in [5, 5.41) is -0.633. The van der Waals surface area contributed by atoms with Crippen molar-refractivity contribution in [3.05, 3.63) is 0 Å². The second-order valence-corrected chi connectivity index (χ2v) is 6.33. The molecule has 1 heterocycles. The third-order valence-electron chi connectivity index (χ3n) is 3.25. The lowest BCUT2D eigenvalue weighted by molar-refractivity contribution is -0.213. The van der Waals surface area contributed by atoms with Crippen LogP contribution in [0.15, 0.2) is 0 Å². The van der Waals surface area contributed by atoms with Gasteiger partial charge in [0.25, 0.3) is 0 Å². The van der Waals surface area contributed by atoms with Gasteiger partial charge in [-0.2, -0.15) is 0 Å². The lowest BCUT2D eigenvalue weighted by atomic mass is 9.96. The maximum Gasteiger partial charge on any atom is 0.303 e. The molecule has 0 saturated carbocycles. The highest BCUT2D eigenvalue weighted by Crippen LogP contribution is 2.31. The number of halogens is 1. The fraction of sp³-hybridized carbons (Fsp3) is 0.786. The van der Waals surface area contributed by atoms with Crippen LogP contribution in [0.3, 0.4) is 0 Å². The third kappa shape index (κ3) is 5.74. The fourth-order valence-electron chi connectivity index (χ4n) is 2.46. The Labute approximate surface area is 143 Å². The van der Waals surface area contributed by atoms with Gasteiger partial charge < -0.3 is 18.9 Å². The first-order valence-electron chi connectivity index (χ1n) is 7.07. The van der Waals surface area contributed by atoms with Gasteiger partial charge in [0.1, 0.15) is 12.7 Å². The van der Waals surface area contributed by atoms with Crippen LogP contribution in [0.5, 0.6) is 0 Å². The van der Waals surface area contributed by atoms with Crippen LogP contribution < -0.4 is 0 Å². The van der Waals surface area contributed by atoms with Gasteiger partial charge in [-0.3, -0.25) is 19.3 Å². The van der Waals surface area contributed by atoms with Crippen LogP contribution in [-0.2, 0) is 33.3 Å². The zero-order valence-electron chi connectivity index (χ0n) is 13.8. The van der Waals surface area contributed by atoms with Gasteiger partial charge in [0.15, 0.2) is 17.2 Å². The number of nitrogens with zero attached hydrogens (tertiary/aromatic N) is 1. The van der Waals surface area contributed by atoms with E-state index in [4.69, 9.17) is 18.9 Å². The van der Waals surface area contributed by atoms with E-state index in [1.807, 2.05) is 0 Å². The lowest BCUT2D eigenvalue weighted by Crippen LogP contribution is -2.64. The van der Waals surface area contributed by atoms with Gasteiger partial charge >= 0.3 is 17.9 Å². The number of likely N-dealkylation sites (N-methyl/N-ethyl adjacent to an activating group) is 1. The van der Waals surface area contributed by atoms with E-state index in [1.165, 1.54) is 20.8 Å². The average Bonchev–Trinajstić information content (AvgIpc) is 2.38. The zero-order chi connectivity index (χ0) is 17.7. The number of hydrogen-bond donors (Lipinski definition) is 0. The fourth-order valence-corrected chi connectivity index (χ4v) is 3.15. The number of carbonyl (C=O) groups excluding carboxylic acids is 3. The van der Waals surface area contributed by atoms with E-state index in [-0.39, 0.29) is 6.61 Å². The maximum atomic E-state index is 11.5. The smallest absolute Gasteiger partial charge is 0.303 e. The Balaban J connectivity index is 3.07. The Hall–Kier alpha value is -1.19. The van der Waals surface area contributed by atoms with Crippen molar-refractivity contribution in [2.24, 2.45) is 0 Å². The molecule has 0 amide bonds. The lowest BCUT2D eigenvalue weighted by Gasteiger charge is -2.46. The minimum Gasteiger partial charge on any atom is -0.463 e. The van der Waals surface area contributed by atoms with Crippen LogP contribution in [0.1, 0.15) is 20.8 Å². The monoisotopic (exact) mass is 395 g/mol. The Morgan fingerprint density at radius 3 is 1.96 bits per heavy atom. The van der Waals surface area contributed by atoms with Crippen LogP contribution in [0.2, 0.25) is 0 Å². The number of esters is 3. The summed E-state index contributed by atoms with van der Waals surface area (Å²) in [6.45, 7) is 3.77. The molecule has 1 rings (SSSR count). The number of hydrogen-bond acceptors (Lipinski definition) is 8. The number of alkyl halides is 1. The molecular weight excluding hydrogens is 374 g/mol. The topological polar surface area (TPSA) is 91.4 Å². The molecule has 0 bridgehead atoms. The summed E-state index contributed by atoms with van der Waals surface area (Å²) in [6.07, 6.45) is -2.15. The molecule has 5 atom stereocenters. The third-order valence-corrected chi connectivity index (χ3v) is 3.99. The van der Waals surface area contributed by atoms with E-state index in [2.05, 4.69) is 15.9 Å². The molecule has 0 aromatic carbocycles. The molecule has 0 aromatic heterocycles. The van der Waals surface area contributed by atoms with E-state index in [0.29, 0.717) is 0 Å². The first-order valence-corrected chi connectivity index (χ1v) is 7.98. The highest BCUT2D eigenvalue weighted by Gasteiger charge is 2.50. The molecule has 9 heteroatoms. The van der Waals surface area contributed by atoms with Crippen molar-refractivity contribution in [2.75, 3.05) is 20.7 Å². The van der Waals surface area contributed by atoms with Gasteiger partial charge in [-0.05, 0) is 14.1 Å². The van der Waals surface area contributed by atoms with Crippen LogP contribution in [0, 0.1) is 0 Å². The Morgan fingerprint density at radius 2 is 1.52 bits per heavy atom. The summed E-state index contributed by atoms with van der Waals surface area (Å²) in [4.78, 5) is 35.6. The summed E-state index contributed by atoms with van der Waals surface area (Å²) in [5.41, 5.74) is 0. The molecule has 1 saturated heterocycles. The standard InChI is InChI=1S/C14H22BrNO7/c1-7(17)20-6-10-12(21-8(2)18)11(16(4)5)13(14(15)23-10)22-9(3)19/h10-14H,6H2,1-5H3/t10-,11-,12-,13-,14+/m1/s1. The van der Waals surface area contributed by atoms with Crippen LogP contribution in [0.4, 0.5) is 0 Å². The second kappa shape index (κ2) is 8.60. The molecule has 8 nitrogen and oxygen atoms in total. The first-order chi connectivity index (χ1) is 10.6. The molecule has 0 aromatic rings. The molecule has 1 aliphatic rings. The Morgan fingerprint density at radius 1 is 1.00 bits per heavy atom. The van der Waals surface area contributed by atoms with E-state index in [1.54, 1.807) is 19.0 Å². The predicted molar refractivity (Wildman–Crippen MR) is 82.8 cm³/mol. The van der Waals surface area contributed by atoms with Gasteiger partial charge in [0.2, 0.25) is 0 Å². The zero-order valence-corrected chi connectivity index (χ0v) is 15.4. The first kappa shape index (κ1) is 19.9. The summed E-state index contributed by atoms with van der Waals surface area (Å²) >= 11 is 3.33. The minimum atomic E-state index is -0.764. The maximum absolute atomic E-state index is 11.5. The number of rotatable bonds is 5. The molecule has 132 valence electrons. The summed E-state index contributed by atoms with van der Waals surface area (Å²) < 4.78 is 21.4. The van der Waals surface area contributed by atoms with Gasteiger partial charge in [0.05, 0.1) is 6.04 Å². The average molecular weight is 396 g/mol. The molecule has 1 fully saturated rings. The van der Waals surface area contributed by atoms with Gasteiger partial charge in [-0.25, -0.2) is 0 Å². The number of carbonyl (C=O) groups is 3. The molecule has 1 aliphatic heterocycles. The van der Waals surface area contributed by atoms with Gasteiger partial charge in [-0.1, -0.05) is 15.9 Å². The van der Waals surface area contributed by atoms with Crippen molar-refractivity contribution < 1.29 is 33.3 Å². The van der Waals surface area contributed by atoms with Crippen molar-refractivity contribution in [1.82, 2.24) is 4.90 Å². The second-order valence-electron chi connectivity index (χ2n) is 5.43. The molecule has 23 heavy (non-hydrogen) atoms. The quantitative estimate of drug-likeness (QED) is 0.376. The molecule has 0 spiro atoms. The normalized spacial score (nSPS) is 30.7. The van der Waals surface area contributed by atoms with E-state index < -0.39 is 47.3 Å². The van der Waals surface area contributed by atoms with Crippen molar-refractivity contribution in [1.29, 1.82) is 0 Å². The van der Waals surface area contributed by atoms with E-state index >= 15 is 0 Å². The van der Waals surface area contributed by atoms with Crippen molar-refractivity contribution in [2.45, 2.75) is 50.1 Å².